The molecule has 1 aliphatic rings. The van der Waals surface area contributed by atoms with Crippen LogP contribution in [0.5, 0.6) is 0 Å². The minimum atomic E-state index is -3.80. The van der Waals surface area contributed by atoms with Crippen molar-refractivity contribution in [1.29, 1.82) is 0 Å². The molecule has 7 nitrogen and oxygen atoms in total. The summed E-state index contributed by atoms with van der Waals surface area (Å²) in [6.07, 6.45) is 0. The second-order valence-corrected chi connectivity index (χ2v) is 7.88. The summed E-state index contributed by atoms with van der Waals surface area (Å²) < 4.78 is 22.8. The number of primary sulfonamides is 1. The SMILES string of the molecule is Cc1cccc(N2CCN(C(=O)Nc3cccc(S(N)(=O)=O)c3)CC2)c1. The quantitative estimate of drug-likeness (QED) is 0.859. The van der Waals surface area contributed by atoms with Gasteiger partial charge in [0.15, 0.2) is 0 Å². The van der Waals surface area contributed by atoms with E-state index in [0.29, 0.717) is 18.8 Å². The molecule has 2 amide bonds. The van der Waals surface area contributed by atoms with Crippen LogP contribution in [0.2, 0.25) is 0 Å². The maximum absolute atomic E-state index is 12.4. The van der Waals surface area contributed by atoms with Crippen molar-refractivity contribution in [3.8, 4) is 0 Å². The highest BCUT2D eigenvalue weighted by Gasteiger charge is 2.21. The van der Waals surface area contributed by atoms with Crippen molar-refractivity contribution in [3.63, 3.8) is 0 Å². The smallest absolute Gasteiger partial charge is 0.321 e. The molecule has 0 saturated carbocycles. The number of hydrogen-bond acceptors (Lipinski definition) is 4. The van der Waals surface area contributed by atoms with Crippen LogP contribution in [0.4, 0.5) is 16.2 Å². The lowest BCUT2D eigenvalue weighted by molar-refractivity contribution is 0.208. The van der Waals surface area contributed by atoms with E-state index in [1.807, 2.05) is 6.07 Å². The van der Waals surface area contributed by atoms with E-state index in [0.717, 1.165) is 18.8 Å². The molecule has 0 spiro atoms. The van der Waals surface area contributed by atoms with E-state index in [9.17, 15) is 13.2 Å². The molecule has 1 saturated heterocycles. The van der Waals surface area contributed by atoms with Crippen LogP contribution in [0.25, 0.3) is 0 Å². The Kier molecular flexibility index (Phi) is 5.15. The zero-order valence-corrected chi connectivity index (χ0v) is 15.4. The van der Waals surface area contributed by atoms with Crippen molar-refractivity contribution in [2.24, 2.45) is 5.14 Å². The maximum atomic E-state index is 12.4. The van der Waals surface area contributed by atoms with Gasteiger partial charge in [-0.25, -0.2) is 18.4 Å². The minimum absolute atomic E-state index is 0.0282. The van der Waals surface area contributed by atoms with Gasteiger partial charge in [-0.05, 0) is 42.8 Å². The monoisotopic (exact) mass is 374 g/mol. The number of nitrogens with zero attached hydrogens (tertiary/aromatic N) is 2. The summed E-state index contributed by atoms with van der Waals surface area (Å²) in [6.45, 7) is 4.73. The van der Waals surface area contributed by atoms with Gasteiger partial charge in [-0.1, -0.05) is 18.2 Å². The van der Waals surface area contributed by atoms with E-state index < -0.39 is 10.0 Å². The molecule has 0 atom stereocenters. The minimum Gasteiger partial charge on any atom is -0.368 e. The van der Waals surface area contributed by atoms with E-state index in [1.165, 1.54) is 17.7 Å². The highest BCUT2D eigenvalue weighted by atomic mass is 32.2. The molecular weight excluding hydrogens is 352 g/mol. The van der Waals surface area contributed by atoms with Crippen molar-refractivity contribution in [1.82, 2.24) is 4.90 Å². The summed E-state index contributed by atoms with van der Waals surface area (Å²) in [6, 6.07) is 14.0. The summed E-state index contributed by atoms with van der Waals surface area (Å²) in [5.41, 5.74) is 2.77. The zero-order valence-electron chi connectivity index (χ0n) is 14.6. The van der Waals surface area contributed by atoms with Gasteiger partial charge in [0, 0.05) is 37.6 Å². The number of sulfonamides is 1. The van der Waals surface area contributed by atoms with Gasteiger partial charge in [-0.3, -0.25) is 0 Å². The van der Waals surface area contributed by atoms with Crippen molar-refractivity contribution in [2.45, 2.75) is 11.8 Å². The number of benzene rings is 2. The lowest BCUT2D eigenvalue weighted by atomic mass is 10.2. The molecule has 2 aromatic rings. The number of carbonyl (C=O) groups excluding carboxylic acids is 1. The van der Waals surface area contributed by atoms with Gasteiger partial charge < -0.3 is 15.1 Å². The summed E-state index contributed by atoms with van der Waals surface area (Å²) in [5, 5.41) is 7.86. The standard InChI is InChI=1S/C18H22N4O3S/c1-14-4-2-6-16(12-14)21-8-10-22(11-9-21)18(23)20-15-5-3-7-17(13-15)26(19,24)25/h2-7,12-13H,8-11H2,1H3,(H,20,23)(H2,19,24,25). The van der Waals surface area contributed by atoms with Crippen LogP contribution in [0.3, 0.4) is 0 Å². The van der Waals surface area contributed by atoms with Crippen molar-refractivity contribution in [3.05, 3.63) is 54.1 Å². The Morgan fingerprint density at radius 1 is 1.04 bits per heavy atom. The number of nitrogens with one attached hydrogen (secondary N) is 1. The highest BCUT2D eigenvalue weighted by Crippen LogP contribution is 2.19. The van der Waals surface area contributed by atoms with Crippen LogP contribution < -0.4 is 15.4 Å². The van der Waals surface area contributed by atoms with Crippen LogP contribution in [0, 0.1) is 6.92 Å². The van der Waals surface area contributed by atoms with Crippen LogP contribution in [-0.4, -0.2) is 45.5 Å². The number of rotatable bonds is 3. The normalized spacial score (nSPS) is 15.0. The highest BCUT2D eigenvalue weighted by molar-refractivity contribution is 7.89. The molecule has 26 heavy (non-hydrogen) atoms. The molecular formula is C18H22N4O3S. The van der Waals surface area contributed by atoms with Crippen LogP contribution in [-0.2, 0) is 10.0 Å². The molecule has 0 radical (unpaired) electrons. The topological polar surface area (TPSA) is 95.7 Å². The van der Waals surface area contributed by atoms with E-state index in [1.54, 1.807) is 17.0 Å². The average molecular weight is 374 g/mol. The summed E-state index contributed by atoms with van der Waals surface area (Å²) >= 11 is 0. The number of anilines is 2. The fraction of sp³-hybridized carbons (Fsp3) is 0.278. The third kappa shape index (κ3) is 4.33. The van der Waals surface area contributed by atoms with Crippen LogP contribution in [0.15, 0.2) is 53.4 Å². The Bertz CT molecular complexity index is 906. The number of nitrogens with two attached hydrogens (primary N) is 1. The molecule has 8 heteroatoms. The van der Waals surface area contributed by atoms with E-state index in [-0.39, 0.29) is 10.9 Å². The molecule has 1 aliphatic heterocycles. The second kappa shape index (κ2) is 7.35. The van der Waals surface area contributed by atoms with Crippen molar-refractivity contribution in [2.75, 3.05) is 36.4 Å². The first-order valence-corrected chi connectivity index (χ1v) is 9.88. The largest absolute Gasteiger partial charge is 0.368 e. The Labute approximate surface area is 153 Å². The second-order valence-electron chi connectivity index (χ2n) is 6.32. The van der Waals surface area contributed by atoms with Gasteiger partial charge in [0.1, 0.15) is 0 Å². The predicted molar refractivity (Wildman–Crippen MR) is 102 cm³/mol. The summed E-state index contributed by atoms with van der Waals surface area (Å²) in [5.74, 6) is 0. The molecule has 0 aliphatic carbocycles. The number of urea groups is 1. The van der Waals surface area contributed by atoms with E-state index in [2.05, 4.69) is 35.3 Å². The molecule has 2 aromatic carbocycles. The van der Waals surface area contributed by atoms with Gasteiger partial charge in [-0.2, -0.15) is 0 Å². The van der Waals surface area contributed by atoms with E-state index >= 15 is 0 Å². The number of hydrogen-bond donors (Lipinski definition) is 2. The number of carbonyl (C=O) groups is 1. The van der Waals surface area contributed by atoms with Crippen molar-refractivity contribution < 1.29 is 13.2 Å². The first-order chi connectivity index (χ1) is 12.3. The molecule has 1 fully saturated rings. The lowest BCUT2D eigenvalue weighted by Gasteiger charge is -2.36. The van der Waals surface area contributed by atoms with Gasteiger partial charge in [0.25, 0.3) is 0 Å². The number of aryl methyl sites for hydroxylation is 1. The molecule has 0 bridgehead atoms. The van der Waals surface area contributed by atoms with Gasteiger partial charge in [0.05, 0.1) is 4.90 Å². The first kappa shape index (κ1) is 18.2. The van der Waals surface area contributed by atoms with Gasteiger partial charge in [0.2, 0.25) is 10.0 Å². The Morgan fingerprint density at radius 2 is 1.73 bits per heavy atom. The number of amides is 2. The molecule has 0 aromatic heterocycles. The summed E-state index contributed by atoms with van der Waals surface area (Å²) in [4.78, 5) is 16.4. The zero-order chi connectivity index (χ0) is 18.7. The Balaban J connectivity index is 1.61. The third-order valence-corrected chi connectivity index (χ3v) is 5.26. The molecule has 138 valence electrons. The van der Waals surface area contributed by atoms with Crippen LogP contribution >= 0.6 is 0 Å². The number of piperazine rings is 1. The average Bonchev–Trinajstić information content (AvgIpc) is 2.61. The molecule has 0 unspecified atom stereocenters. The van der Waals surface area contributed by atoms with Crippen LogP contribution in [0.1, 0.15) is 5.56 Å². The third-order valence-electron chi connectivity index (χ3n) is 4.35. The summed E-state index contributed by atoms with van der Waals surface area (Å²) in [7, 11) is -3.80. The Hall–Kier alpha value is -2.58. The predicted octanol–water partition coefficient (Wildman–Crippen LogP) is 2.00. The Morgan fingerprint density at radius 3 is 2.38 bits per heavy atom. The fourth-order valence-corrected chi connectivity index (χ4v) is 3.51. The van der Waals surface area contributed by atoms with Crippen molar-refractivity contribution >= 4 is 27.4 Å². The van der Waals surface area contributed by atoms with Gasteiger partial charge >= 0.3 is 6.03 Å². The maximum Gasteiger partial charge on any atom is 0.321 e. The van der Waals surface area contributed by atoms with Gasteiger partial charge in [-0.15, -0.1) is 0 Å². The molecule has 3 rings (SSSR count). The van der Waals surface area contributed by atoms with E-state index in [4.69, 9.17) is 5.14 Å². The first-order valence-electron chi connectivity index (χ1n) is 8.33. The molecule has 3 N–H and O–H groups in total. The lowest BCUT2D eigenvalue weighted by Crippen LogP contribution is -2.50. The fourth-order valence-electron chi connectivity index (χ4n) is 2.95. The molecule has 1 heterocycles.